The maximum absolute atomic E-state index is 10.7. The van der Waals surface area contributed by atoms with E-state index in [9.17, 15) is 4.79 Å². The molecule has 1 aliphatic carbocycles. The molecular weight excluding hydrogens is 176 g/mol. The van der Waals surface area contributed by atoms with Gasteiger partial charge in [0.2, 0.25) is 0 Å². The van der Waals surface area contributed by atoms with Crippen molar-refractivity contribution in [1.82, 2.24) is 0 Å². The molecule has 14 heavy (non-hydrogen) atoms. The van der Waals surface area contributed by atoms with E-state index in [4.69, 9.17) is 5.11 Å². The minimum atomic E-state index is -0.600. The van der Waals surface area contributed by atoms with Crippen molar-refractivity contribution in [3.63, 3.8) is 0 Å². The van der Waals surface area contributed by atoms with Crippen molar-refractivity contribution in [1.29, 1.82) is 0 Å². The topological polar surface area (TPSA) is 37.3 Å². The lowest BCUT2D eigenvalue weighted by Crippen LogP contribution is -2.21. The van der Waals surface area contributed by atoms with Crippen molar-refractivity contribution in [2.75, 3.05) is 0 Å². The van der Waals surface area contributed by atoms with Gasteiger partial charge in [-0.05, 0) is 51.4 Å². The molecule has 1 N–H and O–H groups in total. The molecule has 0 amide bonds. The van der Waals surface area contributed by atoms with Gasteiger partial charge in [-0.2, -0.15) is 0 Å². The molecule has 0 spiro atoms. The number of allylic oxidation sites excluding steroid dienone is 2. The fourth-order valence-electron chi connectivity index (χ4n) is 2.20. The van der Waals surface area contributed by atoms with Crippen LogP contribution in [0.25, 0.3) is 0 Å². The number of carboxylic acids is 1. The zero-order valence-corrected chi connectivity index (χ0v) is 8.91. The smallest absolute Gasteiger partial charge is 0.306 e. The summed E-state index contributed by atoms with van der Waals surface area (Å²) in [6.07, 6.45) is 10.6. The Morgan fingerprint density at radius 3 is 2.50 bits per heavy atom. The monoisotopic (exact) mass is 196 g/mol. The van der Waals surface area contributed by atoms with E-state index in [1.807, 2.05) is 6.92 Å². The number of carboxylic acid groups (broad SMARTS) is 1. The van der Waals surface area contributed by atoms with Gasteiger partial charge in [0.15, 0.2) is 0 Å². The first-order valence-electron chi connectivity index (χ1n) is 5.58. The Hall–Kier alpha value is -0.790. The molecule has 0 atom stereocenters. The van der Waals surface area contributed by atoms with E-state index in [2.05, 4.69) is 12.2 Å². The van der Waals surface area contributed by atoms with E-state index >= 15 is 0 Å². The van der Waals surface area contributed by atoms with E-state index in [-0.39, 0.29) is 5.92 Å². The maximum atomic E-state index is 10.7. The van der Waals surface area contributed by atoms with Crippen LogP contribution in [0.3, 0.4) is 0 Å². The molecule has 0 heterocycles. The van der Waals surface area contributed by atoms with Crippen LogP contribution in [0.1, 0.15) is 45.4 Å². The summed E-state index contributed by atoms with van der Waals surface area (Å²) in [6, 6.07) is 0. The highest BCUT2D eigenvalue weighted by atomic mass is 16.4. The number of hydrogen-bond acceptors (Lipinski definition) is 1. The molecule has 0 aromatic carbocycles. The number of carbonyl (C=O) groups is 1. The lowest BCUT2D eigenvalue weighted by Gasteiger charge is -2.25. The van der Waals surface area contributed by atoms with Crippen LogP contribution in [0.2, 0.25) is 0 Å². The van der Waals surface area contributed by atoms with Crippen molar-refractivity contribution >= 4 is 5.97 Å². The fourth-order valence-corrected chi connectivity index (χ4v) is 2.20. The average Bonchev–Trinajstić information content (AvgIpc) is 2.19. The van der Waals surface area contributed by atoms with Gasteiger partial charge in [0.05, 0.1) is 5.92 Å². The summed E-state index contributed by atoms with van der Waals surface area (Å²) in [6.45, 7) is 2.04. The SMILES string of the molecule is CC=CCCC1CCC(C(=O)O)CC1. The van der Waals surface area contributed by atoms with Crippen molar-refractivity contribution in [3.8, 4) is 0 Å². The largest absolute Gasteiger partial charge is 0.481 e. The molecule has 0 aliphatic heterocycles. The second-order valence-corrected chi connectivity index (χ2v) is 4.20. The Balaban J connectivity index is 2.18. The summed E-state index contributed by atoms with van der Waals surface area (Å²) < 4.78 is 0. The third-order valence-corrected chi connectivity index (χ3v) is 3.17. The van der Waals surface area contributed by atoms with E-state index in [1.54, 1.807) is 0 Å². The van der Waals surface area contributed by atoms with Gasteiger partial charge in [0, 0.05) is 0 Å². The minimum Gasteiger partial charge on any atom is -0.481 e. The highest BCUT2D eigenvalue weighted by molar-refractivity contribution is 5.69. The standard InChI is InChI=1S/C12H20O2/c1-2-3-4-5-10-6-8-11(9-7-10)12(13)14/h2-3,10-11H,4-9H2,1H3,(H,13,14). The van der Waals surface area contributed by atoms with Gasteiger partial charge in [-0.25, -0.2) is 0 Å². The van der Waals surface area contributed by atoms with Crippen LogP contribution >= 0.6 is 0 Å². The first-order chi connectivity index (χ1) is 6.74. The summed E-state index contributed by atoms with van der Waals surface area (Å²) in [5.41, 5.74) is 0. The molecule has 0 aromatic heterocycles. The molecule has 0 bridgehead atoms. The van der Waals surface area contributed by atoms with Crippen LogP contribution in [0, 0.1) is 11.8 Å². The third-order valence-electron chi connectivity index (χ3n) is 3.17. The Bertz CT molecular complexity index is 200. The minimum absolute atomic E-state index is 0.0621. The third kappa shape index (κ3) is 3.52. The zero-order chi connectivity index (χ0) is 10.4. The van der Waals surface area contributed by atoms with Crippen molar-refractivity contribution in [3.05, 3.63) is 12.2 Å². The van der Waals surface area contributed by atoms with Crippen LogP contribution in [-0.2, 0) is 4.79 Å². The first-order valence-corrected chi connectivity index (χ1v) is 5.58. The first kappa shape index (κ1) is 11.3. The van der Waals surface area contributed by atoms with E-state index in [0.717, 1.165) is 38.0 Å². The average molecular weight is 196 g/mol. The molecule has 0 unspecified atom stereocenters. The Labute approximate surface area is 86.0 Å². The fraction of sp³-hybridized carbons (Fsp3) is 0.750. The molecule has 1 rings (SSSR count). The van der Waals surface area contributed by atoms with Gasteiger partial charge >= 0.3 is 5.97 Å². The number of hydrogen-bond donors (Lipinski definition) is 1. The predicted molar refractivity (Wildman–Crippen MR) is 57.1 cm³/mol. The quantitative estimate of drug-likeness (QED) is 0.701. The molecule has 2 heteroatoms. The molecule has 0 aromatic rings. The van der Waals surface area contributed by atoms with Gasteiger partial charge in [0.1, 0.15) is 0 Å². The summed E-state index contributed by atoms with van der Waals surface area (Å²) in [4.78, 5) is 10.7. The van der Waals surface area contributed by atoms with Crippen LogP contribution in [0.15, 0.2) is 12.2 Å². The van der Waals surface area contributed by atoms with Gasteiger partial charge < -0.3 is 5.11 Å². The molecule has 2 nitrogen and oxygen atoms in total. The van der Waals surface area contributed by atoms with Gasteiger partial charge in [-0.1, -0.05) is 12.2 Å². The van der Waals surface area contributed by atoms with E-state index in [0.29, 0.717) is 0 Å². The summed E-state index contributed by atoms with van der Waals surface area (Å²) >= 11 is 0. The maximum Gasteiger partial charge on any atom is 0.306 e. The van der Waals surface area contributed by atoms with Crippen molar-refractivity contribution < 1.29 is 9.90 Å². The Morgan fingerprint density at radius 2 is 2.00 bits per heavy atom. The van der Waals surface area contributed by atoms with Gasteiger partial charge in [0.25, 0.3) is 0 Å². The van der Waals surface area contributed by atoms with E-state index < -0.39 is 5.97 Å². The molecular formula is C12H20O2. The second-order valence-electron chi connectivity index (χ2n) is 4.20. The summed E-state index contributed by atoms with van der Waals surface area (Å²) in [7, 11) is 0. The molecule has 0 saturated heterocycles. The van der Waals surface area contributed by atoms with Crippen molar-refractivity contribution in [2.24, 2.45) is 11.8 Å². The van der Waals surface area contributed by atoms with Crippen LogP contribution < -0.4 is 0 Å². The molecule has 0 radical (unpaired) electrons. The second kappa shape index (κ2) is 5.84. The molecule has 80 valence electrons. The molecule has 1 aliphatic rings. The summed E-state index contributed by atoms with van der Waals surface area (Å²) in [5.74, 6) is 0.103. The van der Waals surface area contributed by atoms with Crippen LogP contribution in [0.5, 0.6) is 0 Å². The van der Waals surface area contributed by atoms with Crippen LogP contribution in [0.4, 0.5) is 0 Å². The summed E-state index contributed by atoms with van der Waals surface area (Å²) in [5, 5.41) is 8.83. The van der Waals surface area contributed by atoms with Crippen LogP contribution in [-0.4, -0.2) is 11.1 Å². The van der Waals surface area contributed by atoms with Crippen molar-refractivity contribution in [2.45, 2.75) is 45.4 Å². The lowest BCUT2D eigenvalue weighted by molar-refractivity contribution is -0.143. The predicted octanol–water partition coefficient (Wildman–Crippen LogP) is 3.23. The Kier molecular flexibility index (Phi) is 4.71. The molecule has 1 saturated carbocycles. The highest BCUT2D eigenvalue weighted by Gasteiger charge is 2.25. The van der Waals surface area contributed by atoms with E-state index in [1.165, 1.54) is 6.42 Å². The van der Waals surface area contributed by atoms with Gasteiger partial charge in [-0.3, -0.25) is 4.79 Å². The number of aliphatic carboxylic acids is 1. The highest BCUT2D eigenvalue weighted by Crippen LogP contribution is 2.31. The lowest BCUT2D eigenvalue weighted by atomic mass is 9.80. The van der Waals surface area contributed by atoms with Gasteiger partial charge in [-0.15, -0.1) is 0 Å². The normalized spacial score (nSPS) is 28.1. The Morgan fingerprint density at radius 1 is 1.36 bits per heavy atom. The molecule has 1 fully saturated rings. The number of rotatable bonds is 4. The zero-order valence-electron chi connectivity index (χ0n) is 8.91.